The number of aromatic nitrogens is 3. The van der Waals surface area contributed by atoms with Gasteiger partial charge in [-0.2, -0.15) is 0 Å². The van der Waals surface area contributed by atoms with Crippen molar-refractivity contribution in [2.75, 3.05) is 17.7 Å². The van der Waals surface area contributed by atoms with Gasteiger partial charge in [0.25, 0.3) is 0 Å². The zero-order valence-electron chi connectivity index (χ0n) is 13.7. The molecule has 26 heavy (non-hydrogen) atoms. The van der Waals surface area contributed by atoms with Crippen molar-refractivity contribution in [2.24, 2.45) is 0 Å². The van der Waals surface area contributed by atoms with Gasteiger partial charge in [-0.3, -0.25) is 5.32 Å². The van der Waals surface area contributed by atoms with E-state index in [1.54, 1.807) is 36.3 Å². The highest BCUT2D eigenvalue weighted by atomic mass is 35.5. The van der Waals surface area contributed by atoms with E-state index in [0.717, 1.165) is 5.56 Å². The lowest BCUT2D eigenvalue weighted by Gasteiger charge is -2.12. The molecule has 1 heterocycles. The van der Waals surface area contributed by atoms with Gasteiger partial charge in [0.2, 0.25) is 5.95 Å². The van der Waals surface area contributed by atoms with E-state index in [-0.39, 0.29) is 0 Å². The molecule has 0 fully saturated rings. The van der Waals surface area contributed by atoms with Crippen LogP contribution in [-0.2, 0) is 6.54 Å². The number of benzene rings is 2. The molecule has 9 heteroatoms. The fourth-order valence-electron chi connectivity index (χ4n) is 2.26. The molecule has 0 bridgehead atoms. The highest BCUT2D eigenvalue weighted by molar-refractivity contribution is 7.80. The summed E-state index contributed by atoms with van der Waals surface area (Å²) in [5.74, 6) is 0.992. The Morgan fingerprint density at radius 1 is 1.19 bits per heavy atom. The number of halogens is 2. The third-order valence-corrected chi connectivity index (χ3v) is 4.27. The molecule has 0 spiro atoms. The zero-order chi connectivity index (χ0) is 18.5. The van der Waals surface area contributed by atoms with Gasteiger partial charge in [0.1, 0.15) is 12.1 Å². The summed E-state index contributed by atoms with van der Waals surface area (Å²) in [7, 11) is 1.57. The Labute approximate surface area is 166 Å². The summed E-state index contributed by atoms with van der Waals surface area (Å²) in [5, 5.41) is 11.9. The minimum absolute atomic E-state index is 0.320. The van der Waals surface area contributed by atoms with Crippen LogP contribution in [0.3, 0.4) is 0 Å². The van der Waals surface area contributed by atoms with Crippen LogP contribution in [0, 0.1) is 0 Å². The first-order chi connectivity index (χ1) is 12.5. The van der Waals surface area contributed by atoms with Crippen LogP contribution >= 0.6 is 35.4 Å². The van der Waals surface area contributed by atoms with E-state index < -0.39 is 0 Å². The number of methoxy groups -OCH3 is 1. The van der Waals surface area contributed by atoms with Crippen LogP contribution in [0.2, 0.25) is 10.0 Å². The minimum Gasteiger partial charge on any atom is -0.495 e. The molecule has 0 radical (unpaired) electrons. The number of hydrogen-bond donors (Lipinski definition) is 2. The Bertz CT molecular complexity index is 931. The normalized spacial score (nSPS) is 10.4. The number of thiocarbonyl (C=S) groups is 1. The van der Waals surface area contributed by atoms with Crippen molar-refractivity contribution >= 4 is 52.2 Å². The van der Waals surface area contributed by atoms with Gasteiger partial charge in [0, 0.05) is 10.0 Å². The first kappa shape index (κ1) is 18.4. The lowest BCUT2D eigenvalue weighted by molar-refractivity contribution is 0.417. The maximum atomic E-state index is 6.17. The van der Waals surface area contributed by atoms with Crippen molar-refractivity contribution in [1.82, 2.24) is 14.8 Å². The lowest BCUT2D eigenvalue weighted by atomic mass is 10.2. The number of rotatable bonds is 5. The standard InChI is InChI=1S/C17H15Cl2N5OS/c1-25-15-7-6-12(18)8-14(15)21-17(26)22-16-20-10-24(23-16)9-11-4-2-3-5-13(11)19/h2-8,10H,9H2,1H3,(H2,21,22,23,26). The third-order valence-electron chi connectivity index (χ3n) is 3.46. The Hall–Kier alpha value is -2.35. The first-order valence-corrected chi connectivity index (χ1v) is 8.76. The molecule has 2 aromatic carbocycles. The molecule has 0 aliphatic heterocycles. The van der Waals surface area contributed by atoms with E-state index in [4.69, 9.17) is 40.2 Å². The summed E-state index contributed by atoms with van der Waals surface area (Å²) in [4.78, 5) is 4.20. The second-order valence-corrected chi connectivity index (χ2v) is 6.53. The summed E-state index contributed by atoms with van der Waals surface area (Å²) in [6.07, 6.45) is 1.61. The third kappa shape index (κ3) is 4.63. The van der Waals surface area contributed by atoms with Gasteiger partial charge in [-0.15, -0.1) is 5.10 Å². The SMILES string of the molecule is COc1ccc(Cl)cc1NC(=S)Nc1ncn(Cc2ccccc2Cl)n1. The average molecular weight is 408 g/mol. The Morgan fingerprint density at radius 2 is 2.00 bits per heavy atom. The van der Waals surface area contributed by atoms with E-state index in [1.165, 1.54) is 0 Å². The molecule has 3 rings (SSSR count). The van der Waals surface area contributed by atoms with Crippen LogP contribution in [0.25, 0.3) is 0 Å². The molecule has 2 N–H and O–H groups in total. The van der Waals surface area contributed by atoms with Crippen LogP contribution in [0.4, 0.5) is 11.6 Å². The van der Waals surface area contributed by atoms with Crippen LogP contribution in [0.15, 0.2) is 48.8 Å². The summed E-state index contributed by atoms with van der Waals surface area (Å²) in [5.41, 5.74) is 1.60. The fourth-order valence-corrected chi connectivity index (χ4v) is 2.83. The molecule has 0 saturated heterocycles. The average Bonchev–Trinajstić information content (AvgIpc) is 3.04. The van der Waals surface area contributed by atoms with Crippen molar-refractivity contribution in [1.29, 1.82) is 0 Å². The van der Waals surface area contributed by atoms with Gasteiger partial charge in [-0.1, -0.05) is 41.4 Å². The van der Waals surface area contributed by atoms with Crippen molar-refractivity contribution in [3.05, 3.63) is 64.4 Å². The summed E-state index contributed by atoms with van der Waals surface area (Å²) >= 11 is 17.5. The predicted molar refractivity (Wildman–Crippen MR) is 108 cm³/mol. The summed E-state index contributed by atoms with van der Waals surface area (Å²) in [6, 6.07) is 12.8. The monoisotopic (exact) mass is 407 g/mol. The molecule has 0 atom stereocenters. The number of nitrogens with zero attached hydrogens (tertiary/aromatic N) is 3. The van der Waals surface area contributed by atoms with E-state index in [0.29, 0.717) is 39.1 Å². The molecular formula is C17H15Cl2N5OS. The molecule has 0 amide bonds. The second kappa shape index (κ2) is 8.35. The minimum atomic E-state index is 0.320. The van der Waals surface area contributed by atoms with Crippen LogP contribution < -0.4 is 15.4 Å². The van der Waals surface area contributed by atoms with Gasteiger partial charge in [0.05, 0.1) is 19.3 Å². The Kier molecular flexibility index (Phi) is 5.92. The quantitative estimate of drug-likeness (QED) is 0.609. The molecule has 134 valence electrons. The molecule has 0 saturated carbocycles. The van der Waals surface area contributed by atoms with E-state index in [9.17, 15) is 0 Å². The largest absolute Gasteiger partial charge is 0.495 e. The highest BCUT2D eigenvalue weighted by Gasteiger charge is 2.09. The molecule has 0 aliphatic carbocycles. The van der Waals surface area contributed by atoms with Crippen LogP contribution in [0.1, 0.15) is 5.56 Å². The Morgan fingerprint density at radius 3 is 2.77 bits per heavy atom. The highest BCUT2D eigenvalue weighted by Crippen LogP contribution is 2.27. The number of anilines is 2. The van der Waals surface area contributed by atoms with Crippen molar-refractivity contribution in [3.63, 3.8) is 0 Å². The molecule has 0 unspecified atom stereocenters. The van der Waals surface area contributed by atoms with Gasteiger partial charge in [-0.25, -0.2) is 9.67 Å². The number of ether oxygens (including phenoxy) is 1. The van der Waals surface area contributed by atoms with Crippen molar-refractivity contribution in [3.8, 4) is 5.75 Å². The predicted octanol–water partition coefficient (Wildman–Crippen LogP) is 4.45. The maximum Gasteiger partial charge on any atom is 0.248 e. The van der Waals surface area contributed by atoms with Crippen molar-refractivity contribution in [2.45, 2.75) is 6.54 Å². The van der Waals surface area contributed by atoms with Gasteiger partial charge < -0.3 is 10.1 Å². The Balaban J connectivity index is 1.65. The topological polar surface area (TPSA) is 64.0 Å². The van der Waals surface area contributed by atoms with Crippen LogP contribution in [0.5, 0.6) is 5.75 Å². The fraction of sp³-hybridized carbons (Fsp3) is 0.118. The number of hydrogen-bond acceptors (Lipinski definition) is 4. The molecule has 6 nitrogen and oxygen atoms in total. The second-order valence-electron chi connectivity index (χ2n) is 5.28. The summed E-state index contributed by atoms with van der Waals surface area (Å²) < 4.78 is 6.95. The summed E-state index contributed by atoms with van der Waals surface area (Å²) in [6.45, 7) is 0.511. The molecular weight excluding hydrogens is 393 g/mol. The molecule has 0 aliphatic rings. The van der Waals surface area contributed by atoms with Crippen molar-refractivity contribution < 1.29 is 4.74 Å². The van der Waals surface area contributed by atoms with E-state index >= 15 is 0 Å². The molecule has 3 aromatic rings. The lowest BCUT2D eigenvalue weighted by Crippen LogP contribution is -2.20. The zero-order valence-corrected chi connectivity index (χ0v) is 16.1. The van der Waals surface area contributed by atoms with Gasteiger partial charge in [-0.05, 0) is 42.0 Å². The van der Waals surface area contributed by atoms with Gasteiger partial charge >= 0.3 is 0 Å². The van der Waals surface area contributed by atoms with Crippen LogP contribution in [-0.4, -0.2) is 27.0 Å². The number of nitrogens with one attached hydrogen (secondary N) is 2. The van der Waals surface area contributed by atoms with E-state index in [2.05, 4.69) is 20.7 Å². The smallest absolute Gasteiger partial charge is 0.248 e. The van der Waals surface area contributed by atoms with E-state index in [1.807, 2.05) is 24.3 Å². The molecule has 1 aromatic heterocycles. The van der Waals surface area contributed by atoms with Gasteiger partial charge in [0.15, 0.2) is 5.11 Å². The first-order valence-electron chi connectivity index (χ1n) is 7.59. The maximum absolute atomic E-state index is 6.17.